The maximum Gasteiger partial charge on any atom is 0.417 e. The van der Waals surface area contributed by atoms with E-state index in [2.05, 4.69) is 15.6 Å². The van der Waals surface area contributed by atoms with E-state index in [4.69, 9.17) is 0 Å². The van der Waals surface area contributed by atoms with Crippen molar-refractivity contribution in [2.24, 2.45) is 0 Å². The average molecular weight is 447 g/mol. The van der Waals surface area contributed by atoms with Crippen LogP contribution in [0.2, 0.25) is 0 Å². The molecule has 0 spiro atoms. The zero-order valence-electron chi connectivity index (χ0n) is 17.3. The number of carbonyl (C=O) groups is 3. The number of alkyl halides is 3. The van der Waals surface area contributed by atoms with Gasteiger partial charge in [0.15, 0.2) is 5.82 Å². The summed E-state index contributed by atoms with van der Waals surface area (Å²) in [6.07, 6.45) is -3.25. The SMILES string of the molecule is CNC(=O)c1cnc2c(c1C)NC(=O)C1CN(C(=O)c3ccccc3C(F)(F)F)CCN21. The predicted octanol–water partition coefficient (Wildman–Crippen LogP) is 2.05. The third kappa shape index (κ3) is 3.53. The fourth-order valence-electron chi connectivity index (χ4n) is 4.06. The molecule has 0 saturated carbocycles. The minimum Gasteiger partial charge on any atom is -0.355 e. The zero-order chi connectivity index (χ0) is 23.2. The molecule has 2 aliphatic heterocycles. The first-order valence-corrected chi connectivity index (χ1v) is 9.88. The van der Waals surface area contributed by atoms with Gasteiger partial charge in [-0.3, -0.25) is 14.4 Å². The molecule has 1 fully saturated rings. The second-order valence-corrected chi connectivity index (χ2v) is 7.57. The van der Waals surface area contributed by atoms with Crippen molar-refractivity contribution in [1.82, 2.24) is 15.2 Å². The molecule has 3 heterocycles. The molecule has 1 saturated heterocycles. The van der Waals surface area contributed by atoms with Gasteiger partial charge < -0.3 is 20.4 Å². The molecule has 3 amide bonds. The van der Waals surface area contributed by atoms with Crippen LogP contribution in [0.3, 0.4) is 0 Å². The van der Waals surface area contributed by atoms with Gasteiger partial charge in [0.05, 0.1) is 28.9 Å². The van der Waals surface area contributed by atoms with Crippen LogP contribution in [0.5, 0.6) is 0 Å². The summed E-state index contributed by atoms with van der Waals surface area (Å²) in [6, 6.07) is 3.79. The smallest absolute Gasteiger partial charge is 0.355 e. The van der Waals surface area contributed by atoms with Crippen LogP contribution in [-0.4, -0.2) is 60.3 Å². The molecule has 2 aromatic rings. The van der Waals surface area contributed by atoms with Gasteiger partial charge in [0, 0.05) is 26.3 Å². The van der Waals surface area contributed by atoms with Crippen molar-refractivity contribution < 1.29 is 27.6 Å². The second-order valence-electron chi connectivity index (χ2n) is 7.57. The minimum atomic E-state index is -4.67. The van der Waals surface area contributed by atoms with Crippen molar-refractivity contribution >= 4 is 29.2 Å². The molecule has 0 aliphatic carbocycles. The maximum absolute atomic E-state index is 13.3. The van der Waals surface area contributed by atoms with Crippen LogP contribution in [-0.2, 0) is 11.0 Å². The van der Waals surface area contributed by atoms with E-state index in [-0.39, 0.29) is 25.5 Å². The van der Waals surface area contributed by atoms with Crippen LogP contribution in [0, 0.1) is 6.92 Å². The highest BCUT2D eigenvalue weighted by Crippen LogP contribution is 2.37. The first-order valence-electron chi connectivity index (χ1n) is 9.88. The molecule has 0 bridgehead atoms. The molecule has 4 rings (SSSR count). The van der Waals surface area contributed by atoms with E-state index in [1.54, 1.807) is 11.8 Å². The normalized spacial score (nSPS) is 17.9. The van der Waals surface area contributed by atoms with E-state index in [1.165, 1.54) is 30.3 Å². The van der Waals surface area contributed by atoms with Crippen LogP contribution in [0.15, 0.2) is 30.5 Å². The molecule has 0 radical (unpaired) electrons. The Morgan fingerprint density at radius 1 is 1.19 bits per heavy atom. The summed E-state index contributed by atoms with van der Waals surface area (Å²) in [6.45, 7) is 1.93. The van der Waals surface area contributed by atoms with Crippen molar-refractivity contribution in [2.75, 3.05) is 36.9 Å². The number of aromatic nitrogens is 1. The van der Waals surface area contributed by atoms with Crippen molar-refractivity contribution in [1.29, 1.82) is 0 Å². The summed E-state index contributed by atoms with van der Waals surface area (Å²) in [4.78, 5) is 45.1. The number of anilines is 2. The number of nitrogens with zero attached hydrogens (tertiary/aromatic N) is 3. The lowest BCUT2D eigenvalue weighted by Crippen LogP contribution is -2.61. The van der Waals surface area contributed by atoms with Gasteiger partial charge in [-0.05, 0) is 24.6 Å². The highest BCUT2D eigenvalue weighted by Gasteiger charge is 2.42. The Morgan fingerprint density at radius 2 is 1.91 bits per heavy atom. The summed E-state index contributed by atoms with van der Waals surface area (Å²) in [5.74, 6) is -1.08. The van der Waals surface area contributed by atoms with E-state index < -0.39 is 35.2 Å². The fourth-order valence-corrected chi connectivity index (χ4v) is 4.06. The average Bonchev–Trinajstić information content (AvgIpc) is 2.78. The molecule has 1 atom stereocenters. The molecule has 1 aromatic heterocycles. The first kappa shape index (κ1) is 21.6. The molecular weight excluding hydrogens is 427 g/mol. The second kappa shape index (κ2) is 7.81. The van der Waals surface area contributed by atoms with Crippen molar-refractivity contribution in [3.05, 3.63) is 52.7 Å². The molecule has 2 aliphatic rings. The highest BCUT2D eigenvalue weighted by atomic mass is 19.4. The van der Waals surface area contributed by atoms with Crippen LogP contribution >= 0.6 is 0 Å². The van der Waals surface area contributed by atoms with Gasteiger partial charge in [-0.15, -0.1) is 0 Å². The summed E-state index contributed by atoms with van der Waals surface area (Å²) in [5, 5.41) is 5.26. The lowest BCUT2D eigenvalue weighted by atomic mass is 10.0. The fraction of sp³-hybridized carbons (Fsp3) is 0.333. The Bertz CT molecular complexity index is 1120. The molecule has 32 heavy (non-hydrogen) atoms. The quantitative estimate of drug-likeness (QED) is 0.735. The van der Waals surface area contributed by atoms with Crippen LogP contribution in [0.1, 0.15) is 31.8 Å². The van der Waals surface area contributed by atoms with Crippen LogP contribution in [0.4, 0.5) is 24.7 Å². The van der Waals surface area contributed by atoms with E-state index in [0.29, 0.717) is 22.6 Å². The molecule has 168 valence electrons. The number of rotatable bonds is 2. The lowest BCUT2D eigenvalue weighted by molar-refractivity contribution is -0.138. The Morgan fingerprint density at radius 3 is 2.59 bits per heavy atom. The van der Waals surface area contributed by atoms with Crippen molar-refractivity contribution in [3.63, 3.8) is 0 Å². The number of fused-ring (bicyclic) bond motifs is 3. The van der Waals surface area contributed by atoms with E-state index in [0.717, 1.165) is 12.1 Å². The third-order valence-corrected chi connectivity index (χ3v) is 5.74. The molecule has 2 N–H and O–H groups in total. The van der Waals surface area contributed by atoms with Gasteiger partial charge in [0.25, 0.3) is 11.8 Å². The first-order chi connectivity index (χ1) is 15.1. The standard InChI is InChI=1S/C21H20F3N5O3/c1-11-13(18(30)25-2)9-26-17-16(11)27-19(31)15-10-28(7-8-29(15)17)20(32)12-5-3-4-6-14(12)21(22,23)24/h3-6,9,15H,7-8,10H2,1-2H3,(H,25,30)(H,27,31). The zero-order valence-corrected chi connectivity index (χ0v) is 17.3. The van der Waals surface area contributed by atoms with Crippen molar-refractivity contribution in [2.45, 2.75) is 19.1 Å². The number of carbonyl (C=O) groups excluding carboxylic acids is 3. The van der Waals surface area contributed by atoms with E-state index >= 15 is 0 Å². The minimum absolute atomic E-state index is 0.0891. The van der Waals surface area contributed by atoms with Crippen molar-refractivity contribution in [3.8, 4) is 0 Å². The topological polar surface area (TPSA) is 94.6 Å². The number of halogens is 3. The molecule has 8 nitrogen and oxygen atoms in total. The van der Waals surface area contributed by atoms with E-state index in [1.807, 2.05) is 0 Å². The van der Waals surface area contributed by atoms with Gasteiger partial charge >= 0.3 is 6.18 Å². The van der Waals surface area contributed by atoms with Crippen LogP contribution in [0.25, 0.3) is 0 Å². The molecule has 1 unspecified atom stereocenters. The van der Waals surface area contributed by atoms with Gasteiger partial charge in [-0.1, -0.05) is 12.1 Å². The Hall–Kier alpha value is -3.63. The summed E-state index contributed by atoms with van der Waals surface area (Å²) in [5.41, 5.74) is -0.171. The maximum atomic E-state index is 13.3. The monoisotopic (exact) mass is 447 g/mol. The Balaban J connectivity index is 1.62. The van der Waals surface area contributed by atoms with Gasteiger partial charge in [0.1, 0.15) is 6.04 Å². The number of pyridine rings is 1. The Kier molecular flexibility index (Phi) is 5.27. The number of hydrogen-bond donors (Lipinski definition) is 2. The molecule has 1 aromatic carbocycles. The number of hydrogen-bond acceptors (Lipinski definition) is 5. The largest absolute Gasteiger partial charge is 0.417 e. The number of amides is 3. The number of nitrogens with one attached hydrogen (secondary N) is 2. The molecule has 11 heteroatoms. The predicted molar refractivity (Wildman–Crippen MR) is 109 cm³/mol. The number of benzene rings is 1. The Labute approximate surface area is 181 Å². The van der Waals surface area contributed by atoms with Crippen LogP contribution < -0.4 is 15.5 Å². The molecular formula is C21H20F3N5O3. The lowest BCUT2D eigenvalue weighted by Gasteiger charge is -2.44. The van der Waals surface area contributed by atoms with E-state index in [9.17, 15) is 27.6 Å². The summed E-state index contributed by atoms with van der Waals surface area (Å²) < 4.78 is 40.0. The third-order valence-electron chi connectivity index (χ3n) is 5.74. The summed E-state index contributed by atoms with van der Waals surface area (Å²) >= 11 is 0. The van der Waals surface area contributed by atoms with Gasteiger partial charge in [-0.25, -0.2) is 4.98 Å². The number of piperazine rings is 1. The highest BCUT2D eigenvalue weighted by molar-refractivity contribution is 6.07. The van der Waals surface area contributed by atoms with Gasteiger partial charge in [-0.2, -0.15) is 13.2 Å². The van der Waals surface area contributed by atoms with Gasteiger partial charge in [0.2, 0.25) is 5.91 Å². The summed E-state index contributed by atoms with van der Waals surface area (Å²) in [7, 11) is 1.49.